The minimum Gasteiger partial charge on any atom is -0.369 e. The number of rotatable bonds is 8. The Morgan fingerprint density at radius 2 is 1.77 bits per heavy atom. The third kappa shape index (κ3) is 3.14. The fourth-order valence-electron chi connectivity index (χ4n) is 3.51. The lowest BCUT2D eigenvalue weighted by atomic mass is 10.1. The third-order valence-corrected chi connectivity index (χ3v) is 9.11. The molecule has 1 aliphatic heterocycles. The van der Waals surface area contributed by atoms with E-state index in [0.29, 0.717) is 0 Å². The zero-order valence-corrected chi connectivity index (χ0v) is 16.1. The van der Waals surface area contributed by atoms with Crippen molar-refractivity contribution >= 4 is 17.4 Å². The Morgan fingerprint density at radius 1 is 1.19 bits per heavy atom. The van der Waals surface area contributed by atoms with Crippen molar-refractivity contribution in [2.45, 2.75) is 48.3 Å². The van der Waals surface area contributed by atoms with Crippen LogP contribution in [0.5, 0.6) is 0 Å². The molecule has 0 N–H and O–H groups in total. The Hall–Kier alpha value is -0.860. The van der Waals surface area contributed by atoms with Crippen molar-refractivity contribution < 1.29 is 35.5 Å². The molecule has 26 heavy (non-hydrogen) atoms. The SMILES string of the molecule is CCOP(=O)(OCC)C(F)(F)[C@H]1[C@@H]2O[C@@H]2C[C@@H]1S(=O)(=O)c1ccccc1. The van der Waals surface area contributed by atoms with E-state index < -0.39 is 46.5 Å². The number of ether oxygens (including phenoxy) is 1. The smallest absolute Gasteiger partial charge is 0.369 e. The van der Waals surface area contributed by atoms with E-state index in [4.69, 9.17) is 13.8 Å². The van der Waals surface area contributed by atoms with Crippen molar-refractivity contribution in [1.29, 1.82) is 0 Å². The predicted molar refractivity (Wildman–Crippen MR) is 90.0 cm³/mol. The van der Waals surface area contributed by atoms with Gasteiger partial charge in [0.15, 0.2) is 9.84 Å². The van der Waals surface area contributed by atoms with Crippen LogP contribution < -0.4 is 0 Å². The van der Waals surface area contributed by atoms with Gasteiger partial charge in [-0.2, -0.15) is 8.78 Å². The molecule has 0 spiro atoms. The Labute approximate surface area is 151 Å². The van der Waals surface area contributed by atoms with Crippen molar-refractivity contribution in [2.24, 2.45) is 5.92 Å². The average molecular weight is 410 g/mol. The fraction of sp³-hybridized carbons (Fsp3) is 0.625. The van der Waals surface area contributed by atoms with Crippen molar-refractivity contribution in [3.8, 4) is 0 Å². The van der Waals surface area contributed by atoms with Crippen LogP contribution in [0, 0.1) is 5.92 Å². The number of sulfone groups is 1. The number of epoxide rings is 1. The van der Waals surface area contributed by atoms with Gasteiger partial charge in [-0.05, 0) is 32.4 Å². The standard InChI is InChI=1S/C16H21F2O6PS/c1-3-22-25(19,23-4-2)16(17,18)14-13(10-12-15(14)24-12)26(20,21)11-8-6-5-7-9-11/h5-9,12-15H,3-4,10H2,1-2H3/t12-,13+,14-,15-/m1/s1. The van der Waals surface area contributed by atoms with Gasteiger partial charge in [0.25, 0.3) is 0 Å². The van der Waals surface area contributed by atoms with Gasteiger partial charge >= 0.3 is 13.3 Å². The van der Waals surface area contributed by atoms with Crippen LogP contribution in [0.1, 0.15) is 20.3 Å². The highest BCUT2D eigenvalue weighted by molar-refractivity contribution is 7.92. The molecule has 0 amide bonds. The summed E-state index contributed by atoms with van der Waals surface area (Å²) in [7, 11) is -8.91. The van der Waals surface area contributed by atoms with Gasteiger partial charge in [-0.15, -0.1) is 0 Å². The second-order valence-corrected chi connectivity index (χ2v) is 10.5. The molecule has 2 aliphatic rings. The van der Waals surface area contributed by atoms with Gasteiger partial charge < -0.3 is 13.8 Å². The molecule has 0 bridgehead atoms. The summed E-state index contributed by atoms with van der Waals surface area (Å²) in [5, 5.41) is -1.42. The Kier molecular flexibility index (Phi) is 5.31. The summed E-state index contributed by atoms with van der Waals surface area (Å²) in [6.07, 6.45) is -1.62. The van der Waals surface area contributed by atoms with Crippen LogP contribution in [-0.4, -0.2) is 44.8 Å². The first-order chi connectivity index (χ1) is 12.2. The molecule has 146 valence electrons. The van der Waals surface area contributed by atoms with Crippen LogP contribution in [0.4, 0.5) is 8.78 Å². The van der Waals surface area contributed by atoms with E-state index in [-0.39, 0.29) is 24.5 Å². The second-order valence-electron chi connectivity index (χ2n) is 6.22. The zero-order valence-electron chi connectivity index (χ0n) is 14.4. The molecule has 3 rings (SSSR count). The molecule has 1 saturated heterocycles. The van der Waals surface area contributed by atoms with Crippen molar-refractivity contribution in [1.82, 2.24) is 0 Å². The molecule has 0 aromatic heterocycles. The number of benzene rings is 1. The summed E-state index contributed by atoms with van der Waals surface area (Å²) in [6, 6.07) is 7.41. The number of alkyl halides is 2. The van der Waals surface area contributed by atoms with Gasteiger partial charge in [-0.1, -0.05) is 18.2 Å². The topological polar surface area (TPSA) is 82.2 Å². The van der Waals surface area contributed by atoms with E-state index in [9.17, 15) is 13.0 Å². The van der Waals surface area contributed by atoms with E-state index in [1.54, 1.807) is 6.07 Å². The first-order valence-corrected chi connectivity index (χ1v) is 11.5. The van der Waals surface area contributed by atoms with Crippen LogP contribution in [0.3, 0.4) is 0 Å². The van der Waals surface area contributed by atoms with E-state index in [1.165, 1.54) is 38.1 Å². The molecule has 1 aromatic rings. The molecule has 4 atom stereocenters. The normalized spacial score (nSPS) is 28.8. The summed E-state index contributed by atoms with van der Waals surface area (Å²) in [4.78, 5) is -0.0465. The fourth-order valence-corrected chi connectivity index (χ4v) is 7.44. The number of fused-ring (bicyclic) bond motifs is 1. The van der Waals surface area contributed by atoms with Gasteiger partial charge in [-0.25, -0.2) is 8.42 Å². The highest BCUT2D eigenvalue weighted by Crippen LogP contribution is 2.69. The molecule has 0 unspecified atom stereocenters. The number of halogens is 2. The summed E-state index contributed by atoms with van der Waals surface area (Å²) in [6.45, 7) is 2.35. The first-order valence-electron chi connectivity index (χ1n) is 8.40. The molecule has 6 nitrogen and oxygen atoms in total. The lowest BCUT2D eigenvalue weighted by Crippen LogP contribution is -2.42. The van der Waals surface area contributed by atoms with E-state index >= 15 is 8.78 Å². The van der Waals surface area contributed by atoms with E-state index in [2.05, 4.69) is 0 Å². The highest BCUT2D eigenvalue weighted by atomic mass is 32.2. The van der Waals surface area contributed by atoms with Crippen LogP contribution in [0.2, 0.25) is 0 Å². The van der Waals surface area contributed by atoms with Crippen LogP contribution in [0.15, 0.2) is 35.2 Å². The van der Waals surface area contributed by atoms with Crippen LogP contribution in [0.25, 0.3) is 0 Å². The molecule has 1 aliphatic carbocycles. The van der Waals surface area contributed by atoms with Gasteiger partial charge in [0.1, 0.15) is 0 Å². The monoisotopic (exact) mass is 410 g/mol. The summed E-state index contributed by atoms with van der Waals surface area (Å²) in [5.41, 5.74) is -3.98. The molecular formula is C16H21F2O6PS. The van der Waals surface area contributed by atoms with Gasteiger partial charge in [0.05, 0.1) is 41.5 Å². The molecule has 1 saturated carbocycles. The van der Waals surface area contributed by atoms with Crippen molar-refractivity contribution in [3.63, 3.8) is 0 Å². The zero-order chi connectivity index (χ0) is 19.2. The Morgan fingerprint density at radius 3 is 2.31 bits per heavy atom. The molecule has 1 heterocycles. The van der Waals surface area contributed by atoms with Crippen LogP contribution >= 0.6 is 7.60 Å². The largest absolute Gasteiger partial charge is 0.400 e. The summed E-state index contributed by atoms with van der Waals surface area (Å²) >= 11 is 0. The molecule has 2 fully saturated rings. The maximum Gasteiger partial charge on any atom is 0.400 e. The molecule has 0 radical (unpaired) electrons. The van der Waals surface area contributed by atoms with Crippen molar-refractivity contribution in [3.05, 3.63) is 30.3 Å². The minimum atomic E-state index is -4.86. The second kappa shape index (κ2) is 6.95. The predicted octanol–water partition coefficient (Wildman–Crippen LogP) is 3.48. The van der Waals surface area contributed by atoms with Crippen LogP contribution in [-0.2, 0) is 28.2 Å². The Bertz CT molecular complexity index is 790. The Balaban J connectivity index is 2.01. The maximum atomic E-state index is 15.3. The highest BCUT2D eigenvalue weighted by Gasteiger charge is 2.73. The average Bonchev–Trinajstić information content (AvgIpc) is 3.24. The summed E-state index contributed by atoms with van der Waals surface area (Å²) < 4.78 is 84.0. The summed E-state index contributed by atoms with van der Waals surface area (Å²) in [5.74, 6) is -1.79. The third-order valence-electron chi connectivity index (χ3n) is 4.68. The van der Waals surface area contributed by atoms with Gasteiger partial charge in [0, 0.05) is 0 Å². The lowest BCUT2D eigenvalue weighted by Gasteiger charge is -2.33. The maximum absolute atomic E-state index is 15.3. The number of hydrogen-bond donors (Lipinski definition) is 0. The molecule has 1 aromatic carbocycles. The first kappa shape index (κ1) is 19.9. The lowest BCUT2D eigenvalue weighted by molar-refractivity contribution is -0.0235. The van der Waals surface area contributed by atoms with Crippen molar-refractivity contribution in [2.75, 3.05) is 13.2 Å². The van der Waals surface area contributed by atoms with Gasteiger partial charge in [-0.3, -0.25) is 4.57 Å². The molecule has 10 heteroatoms. The minimum absolute atomic E-state index is 0.0465. The van der Waals surface area contributed by atoms with E-state index in [1.807, 2.05) is 0 Å². The molecular weight excluding hydrogens is 389 g/mol. The van der Waals surface area contributed by atoms with Gasteiger partial charge in [0.2, 0.25) is 0 Å². The number of hydrogen-bond acceptors (Lipinski definition) is 6. The quantitative estimate of drug-likeness (QED) is 0.482. The van der Waals surface area contributed by atoms with E-state index in [0.717, 1.165) is 0 Å².